The summed E-state index contributed by atoms with van der Waals surface area (Å²) >= 11 is 0. The quantitative estimate of drug-likeness (QED) is 0.404. The highest BCUT2D eigenvalue weighted by molar-refractivity contribution is 5.96. The Hall–Kier alpha value is -3.37. The van der Waals surface area contributed by atoms with Crippen LogP contribution in [0.3, 0.4) is 0 Å². The van der Waals surface area contributed by atoms with E-state index in [0.29, 0.717) is 24.2 Å². The molecule has 2 aliphatic rings. The van der Waals surface area contributed by atoms with Gasteiger partial charge in [0.15, 0.2) is 0 Å². The Morgan fingerprint density at radius 1 is 1.24 bits per heavy atom. The fourth-order valence-corrected chi connectivity index (χ4v) is 4.94. The summed E-state index contributed by atoms with van der Waals surface area (Å²) in [4.78, 5) is 30.3. The van der Waals surface area contributed by atoms with Crippen LogP contribution in [0.2, 0.25) is 0 Å². The van der Waals surface area contributed by atoms with Gasteiger partial charge in [-0.1, -0.05) is 6.07 Å². The van der Waals surface area contributed by atoms with E-state index in [1.165, 1.54) is 18.3 Å². The molecule has 2 amide bonds. The van der Waals surface area contributed by atoms with E-state index in [1.54, 1.807) is 11.5 Å². The maximum absolute atomic E-state index is 14.3. The Kier molecular flexibility index (Phi) is 5.55. The number of hydroxylamine groups is 1. The van der Waals surface area contributed by atoms with Crippen molar-refractivity contribution in [1.29, 1.82) is 0 Å². The maximum atomic E-state index is 14.3. The van der Waals surface area contributed by atoms with E-state index in [2.05, 4.69) is 15.2 Å². The average molecular weight is 455 g/mol. The first kappa shape index (κ1) is 21.5. The third-order valence-corrected chi connectivity index (χ3v) is 6.63. The van der Waals surface area contributed by atoms with Crippen LogP contribution < -0.4 is 10.8 Å². The topological polar surface area (TPSA) is 99.5 Å². The maximum Gasteiger partial charge on any atom is 0.293 e. The van der Waals surface area contributed by atoms with Crippen molar-refractivity contribution < 1.29 is 23.6 Å². The number of nitrogens with zero attached hydrogens (tertiary/aromatic N) is 3. The molecule has 10 heteroatoms. The molecule has 0 aliphatic carbocycles. The van der Waals surface area contributed by atoms with Crippen molar-refractivity contribution in [2.45, 2.75) is 19.5 Å². The lowest BCUT2D eigenvalue weighted by molar-refractivity contribution is -0.124. The molecule has 33 heavy (non-hydrogen) atoms. The highest BCUT2D eigenvalue weighted by atomic mass is 19.1. The molecule has 0 spiro atoms. The van der Waals surface area contributed by atoms with Crippen molar-refractivity contribution in [3.05, 3.63) is 65.1 Å². The van der Waals surface area contributed by atoms with Gasteiger partial charge < -0.3 is 9.88 Å². The van der Waals surface area contributed by atoms with Gasteiger partial charge in [-0.15, -0.1) is 0 Å². The van der Waals surface area contributed by atoms with E-state index in [4.69, 9.17) is 5.21 Å². The molecule has 2 aliphatic heterocycles. The summed E-state index contributed by atoms with van der Waals surface area (Å²) in [6, 6.07) is 5.08. The fourth-order valence-electron chi connectivity index (χ4n) is 4.94. The summed E-state index contributed by atoms with van der Waals surface area (Å²) in [7, 11) is 0. The molecule has 2 aromatic heterocycles. The minimum Gasteiger partial charge on any atom is -0.355 e. The van der Waals surface area contributed by atoms with Crippen LogP contribution >= 0.6 is 0 Å². The number of carbonyl (C=O) groups is 2. The zero-order chi connectivity index (χ0) is 23.1. The highest BCUT2D eigenvalue weighted by Gasteiger charge is 2.38. The second-order valence-electron chi connectivity index (χ2n) is 8.68. The molecular formula is C23H23F2N5O3. The first-order valence-corrected chi connectivity index (χ1v) is 10.8. The number of hydrogen-bond donors (Lipinski definition) is 3. The number of piperidine rings is 1. The van der Waals surface area contributed by atoms with Gasteiger partial charge >= 0.3 is 0 Å². The van der Waals surface area contributed by atoms with Crippen molar-refractivity contribution in [2.75, 3.05) is 19.6 Å². The molecule has 4 heterocycles. The molecule has 2 fully saturated rings. The fraction of sp³-hybridized carbons (Fsp3) is 0.348. The molecule has 3 aromatic rings. The molecule has 2 atom stereocenters. The van der Waals surface area contributed by atoms with Crippen LogP contribution in [0.25, 0.3) is 10.9 Å². The number of likely N-dealkylation sites (tertiary alicyclic amines) is 1. The van der Waals surface area contributed by atoms with Gasteiger partial charge in [-0.25, -0.2) is 19.2 Å². The number of fused-ring (bicyclic) bond motifs is 2. The minimum absolute atomic E-state index is 0.0567. The van der Waals surface area contributed by atoms with Crippen LogP contribution in [0.5, 0.6) is 0 Å². The van der Waals surface area contributed by atoms with E-state index >= 15 is 0 Å². The Balaban J connectivity index is 1.48. The van der Waals surface area contributed by atoms with E-state index < -0.39 is 17.5 Å². The monoisotopic (exact) mass is 455 g/mol. The number of amides is 2. The Morgan fingerprint density at radius 3 is 2.88 bits per heavy atom. The van der Waals surface area contributed by atoms with E-state index in [-0.39, 0.29) is 30.0 Å². The predicted molar refractivity (Wildman–Crippen MR) is 114 cm³/mol. The van der Waals surface area contributed by atoms with E-state index in [9.17, 15) is 18.4 Å². The van der Waals surface area contributed by atoms with Gasteiger partial charge in [0.05, 0.1) is 18.3 Å². The number of aromatic nitrogens is 2. The van der Waals surface area contributed by atoms with Crippen LogP contribution in [0, 0.1) is 23.5 Å². The van der Waals surface area contributed by atoms with Gasteiger partial charge in [0.2, 0.25) is 5.91 Å². The normalized spacial score (nSPS) is 20.6. The standard InChI is InChI=1S/C23H23F2N5O3/c24-16-2-1-13(19(25)5-16)11-30-12-15(18-6-20(23(32)28-33)26-8-21(18)30)10-29-4-3-17-14(9-29)7-27-22(17)31/h1-2,5-6,8,12,14,17,33H,3-4,7,9-11H2,(H,27,31)(H,28,32)/t14-,17-/m0/s1. The number of pyridine rings is 1. The van der Waals surface area contributed by atoms with Crippen LogP contribution in [0.1, 0.15) is 28.0 Å². The summed E-state index contributed by atoms with van der Waals surface area (Å²) in [6.07, 6.45) is 4.19. The van der Waals surface area contributed by atoms with Gasteiger partial charge in [-0.05, 0) is 30.7 Å². The smallest absolute Gasteiger partial charge is 0.293 e. The Morgan fingerprint density at radius 2 is 2.09 bits per heavy atom. The number of rotatable bonds is 5. The van der Waals surface area contributed by atoms with Crippen LogP contribution in [-0.2, 0) is 17.9 Å². The molecule has 0 bridgehead atoms. The number of carbonyl (C=O) groups excluding carboxylic acids is 2. The molecule has 0 radical (unpaired) electrons. The van der Waals surface area contributed by atoms with Crippen molar-refractivity contribution in [3.8, 4) is 0 Å². The van der Waals surface area contributed by atoms with Gasteiger partial charge in [0.25, 0.3) is 5.91 Å². The van der Waals surface area contributed by atoms with E-state index in [1.807, 2.05) is 10.8 Å². The molecule has 0 saturated carbocycles. The summed E-state index contributed by atoms with van der Waals surface area (Å²) in [5.74, 6) is -1.54. The third-order valence-electron chi connectivity index (χ3n) is 6.63. The third kappa shape index (κ3) is 4.07. The van der Waals surface area contributed by atoms with Gasteiger partial charge in [-0.3, -0.25) is 19.7 Å². The molecule has 5 rings (SSSR count). The van der Waals surface area contributed by atoms with Crippen molar-refractivity contribution in [2.24, 2.45) is 11.8 Å². The lowest BCUT2D eigenvalue weighted by Gasteiger charge is -2.33. The SMILES string of the molecule is O=C(NO)c1cc2c(CN3CC[C@@H]4C(=O)NC[C@H]4C3)cn(Cc3ccc(F)cc3F)c2cn1. The van der Waals surface area contributed by atoms with Crippen LogP contribution in [-0.4, -0.2) is 51.1 Å². The summed E-state index contributed by atoms with van der Waals surface area (Å²) in [6.45, 7) is 2.97. The van der Waals surface area contributed by atoms with Crippen molar-refractivity contribution in [3.63, 3.8) is 0 Å². The first-order chi connectivity index (χ1) is 15.9. The number of nitrogens with one attached hydrogen (secondary N) is 2. The summed E-state index contributed by atoms with van der Waals surface area (Å²) < 4.78 is 29.4. The zero-order valence-corrected chi connectivity index (χ0v) is 17.7. The molecule has 1 aromatic carbocycles. The van der Waals surface area contributed by atoms with Crippen LogP contribution in [0.4, 0.5) is 8.78 Å². The number of benzene rings is 1. The van der Waals surface area contributed by atoms with Crippen LogP contribution in [0.15, 0.2) is 36.7 Å². The van der Waals surface area contributed by atoms with Crippen molar-refractivity contribution >= 4 is 22.7 Å². The molecule has 8 nitrogen and oxygen atoms in total. The largest absolute Gasteiger partial charge is 0.355 e. The lowest BCUT2D eigenvalue weighted by Crippen LogP contribution is -2.40. The lowest BCUT2D eigenvalue weighted by atomic mass is 9.88. The first-order valence-electron chi connectivity index (χ1n) is 10.8. The van der Waals surface area contributed by atoms with Gasteiger partial charge in [0.1, 0.15) is 17.3 Å². The van der Waals surface area contributed by atoms with Gasteiger partial charge in [0, 0.05) is 54.7 Å². The molecule has 2 saturated heterocycles. The molecule has 0 unspecified atom stereocenters. The Bertz CT molecular complexity index is 1240. The average Bonchev–Trinajstić information content (AvgIpc) is 3.34. The van der Waals surface area contributed by atoms with E-state index in [0.717, 1.165) is 36.5 Å². The second kappa shape index (κ2) is 8.53. The molecule has 172 valence electrons. The minimum atomic E-state index is -0.725. The second-order valence-corrected chi connectivity index (χ2v) is 8.68. The van der Waals surface area contributed by atoms with Gasteiger partial charge in [-0.2, -0.15) is 0 Å². The van der Waals surface area contributed by atoms with Crippen molar-refractivity contribution in [1.82, 2.24) is 25.2 Å². The Labute approximate surface area is 188 Å². The number of hydrogen-bond acceptors (Lipinski definition) is 5. The summed E-state index contributed by atoms with van der Waals surface area (Å²) in [5.41, 5.74) is 3.58. The highest BCUT2D eigenvalue weighted by Crippen LogP contribution is 2.30. The predicted octanol–water partition coefficient (Wildman–Crippen LogP) is 2.05. The summed E-state index contributed by atoms with van der Waals surface area (Å²) in [5, 5.41) is 12.7. The number of halogens is 2. The molecule has 3 N–H and O–H groups in total. The zero-order valence-electron chi connectivity index (χ0n) is 17.7. The molecular weight excluding hydrogens is 432 g/mol.